The third-order valence-electron chi connectivity index (χ3n) is 2.35. The zero-order valence-electron chi connectivity index (χ0n) is 9.71. The van der Waals surface area contributed by atoms with Gasteiger partial charge >= 0.3 is 0 Å². The SMILES string of the molecule is COC/C=C/c1ccc(-c2cccnn2)cc1. The zero-order valence-corrected chi connectivity index (χ0v) is 9.71. The fourth-order valence-corrected chi connectivity index (χ4v) is 1.50. The Bertz CT molecular complexity index is 477. The molecule has 1 aromatic heterocycles. The summed E-state index contributed by atoms with van der Waals surface area (Å²) in [5, 5.41) is 7.93. The Labute approximate surface area is 101 Å². The van der Waals surface area contributed by atoms with E-state index >= 15 is 0 Å². The molecule has 0 amide bonds. The molecule has 0 bridgehead atoms. The van der Waals surface area contributed by atoms with Crippen molar-refractivity contribution in [2.45, 2.75) is 0 Å². The predicted octanol–water partition coefficient (Wildman–Crippen LogP) is 2.80. The van der Waals surface area contributed by atoms with Gasteiger partial charge in [0.15, 0.2) is 0 Å². The summed E-state index contributed by atoms with van der Waals surface area (Å²) in [7, 11) is 1.68. The molecule has 0 saturated heterocycles. The van der Waals surface area contributed by atoms with Crippen molar-refractivity contribution in [2.75, 3.05) is 13.7 Å². The van der Waals surface area contributed by atoms with Crippen LogP contribution in [-0.4, -0.2) is 23.9 Å². The standard InChI is InChI=1S/C14H14N2O/c1-17-11-3-4-12-6-8-13(9-7-12)14-5-2-10-15-16-14/h2-10H,11H2,1H3/b4-3+. The number of hydrogen-bond acceptors (Lipinski definition) is 3. The zero-order chi connectivity index (χ0) is 11.9. The molecule has 3 nitrogen and oxygen atoms in total. The number of aromatic nitrogens is 2. The first-order chi connectivity index (χ1) is 8.40. The number of hydrogen-bond donors (Lipinski definition) is 0. The minimum atomic E-state index is 0.631. The molecule has 0 unspecified atom stereocenters. The maximum atomic E-state index is 4.95. The van der Waals surface area contributed by atoms with Crippen LogP contribution in [-0.2, 0) is 4.74 Å². The van der Waals surface area contributed by atoms with Crippen LogP contribution in [0, 0.1) is 0 Å². The van der Waals surface area contributed by atoms with Crippen LogP contribution in [0.5, 0.6) is 0 Å². The summed E-state index contributed by atoms with van der Waals surface area (Å²) in [6.07, 6.45) is 5.69. The monoisotopic (exact) mass is 226 g/mol. The van der Waals surface area contributed by atoms with Crippen LogP contribution in [0.15, 0.2) is 48.7 Å². The molecule has 1 aromatic carbocycles. The third-order valence-corrected chi connectivity index (χ3v) is 2.35. The van der Waals surface area contributed by atoms with E-state index in [1.807, 2.05) is 36.4 Å². The molecule has 1 heterocycles. The number of nitrogens with zero attached hydrogens (tertiary/aromatic N) is 2. The maximum Gasteiger partial charge on any atom is 0.0929 e. The molecule has 0 N–H and O–H groups in total. The van der Waals surface area contributed by atoms with Crippen molar-refractivity contribution in [3.8, 4) is 11.3 Å². The van der Waals surface area contributed by atoms with Gasteiger partial charge in [-0.3, -0.25) is 0 Å². The van der Waals surface area contributed by atoms with E-state index in [1.165, 1.54) is 0 Å². The normalized spacial score (nSPS) is 10.9. The summed E-state index contributed by atoms with van der Waals surface area (Å²) in [5.74, 6) is 0. The van der Waals surface area contributed by atoms with Crippen molar-refractivity contribution in [1.82, 2.24) is 10.2 Å². The van der Waals surface area contributed by atoms with Gasteiger partial charge in [-0.15, -0.1) is 0 Å². The maximum absolute atomic E-state index is 4.95. The number of methoxy groups -OCH3 is 1. The summed E-state index contributed by atoms with van der Waals surface area (Å²) in [5.41, 5.74) is 3.11. The minimum Gasteiger partial charge on any atom is -0.381 e. The molecule has 0 spiro atoms. The molecule has 0 saturated carbocycles. The van der Waals surface area contributed by atoms with Gasteiger partial charge in [0.1, 0.15) is 0 Å². The van der Waals surface area contributed by atoms with E-state index in [9.17, 15) is 0 Å². The number of ether oxygens (including phenoxy) is 1. The lowest BCUT2D eigenvalue weighted by atomic mass is 10.1. The number of benzene rings is 1. The van der Waals surface area contributed by atoms with Crippen LogP contribution in [0.25, 0.3) is 17.3 Å². The lowest BCUT2D eigenvalue weighted by molar-refractivity contribution is 0.234. The average molecular weight is 226 g/mol. The highest BCUT2D eigenvalue weighted by Gasteiger charge is 1.97. The fraction of sp³-hybridized carbons (Fsp3) is 0.143. The Morgan fingerprint density at radius 1 is 1.18 bits per heavy atom. The van der Waals surface area contributed by atoms with Crippen molar-refractivity contribution in [1.29, 1.82) is 0 Å². The van der Waals surface area contributed by atoms with Gasteiger partial charge in [-0.25, -0.2) is 0 Å². The van der Waals surface area contributed by atoms with Crippen LogP contribution in [0.2, 0.25) is 0 Å². The fourth-order valence-electron chi connectivity index (χ4n) is 1.50. The van der Waals surface area contributed by atoms with E-state index in [4.69, 9.17) is 4.74 Å². The molecule has 0 radical (unpaired) electrons. The highest BCUT2D eigenvalue weighted by atomic mass is 16.5. The van der Waals surface area contributed by atoms with E-state index in [2.05, 4.69) is 22.3 Å². The lowest BCUT2D eigenvalue weighted by Crippen LogP contribution is -1.85. The summed E-state index contributed by atoms with van der Waals surface area (Å²) in [6.45, 7) is 0.631. The average Bonchev–Trinajstić information content (AvgIpc) is 2.41. The highest BCUT2D eigenvalue weighted by Crippen LogP contribution is 2.16. The summed E-state index contributed by atoms with van der Waals surface area (Å²) in [6, 6.07) is 12.0. The molecule has 0 aliphatic rings. The molecule has 3 heteroatoms. The Hall–Kier alpha value is -2.00. The smallest absolute Gasteiger partial charge is 0.0929 e. The van der Waals surface area contributed by atoms with Gasteiger partial charge in [-0.1, -0.05) is 36.4 Å². The molecular formula is C14H14N2O. The van der Waals surface area contributed by atoms with E-state index in [-0.39, 0.29) is 0 Å². The van der Waals surface area contributed by atoms with Crippen LogP contribution in [0.4, 0.5) is 0 Å². The largest absolute Gasteiger partial charge is 0.381 e. The highest BCUT2D eigenvalue weighted by molar-refractivity contribution is 5.61. The molecule has 0 aliphatic heterocycles. The first-order valence-corrected chi connectivity index (χ1v) is 5.44. The first-order valence-electron chi connectivity index (χ1n) is 5.44. The van der Waals surface area contributed by atoms with Crippen molar-refractivity contribution < 1.29 is 4.74 Å². The van der Waals surface area contributed by atoms with E-state index < -0.39 is 0 Å². The molecule has 86 valence electrons. The quantitative estimate of drug-likeness (QED) is 0.804. The predicted molar refractivity (Wildman–Crippen MR) is 68.4 cm³/mol. The summed E-state index contributed by atoms with van der Waals surface area (Å²) in [4.78, 5) is 0. The Morgan fingerprint density at radius 3 is 2.65 bits per heavy atom. The van der Waals surface area contributed by atoms with Crippen molar-refractivity contribution in [3.63, 3.8) is 0 Å². The van der Waals surface area contributed by atoms with Gasteiger partial charge in [0.05, 0.1) is 12.3 Å². The first kappa shape index (κ1) is 11.5. The molecule has 0 fully saturated rings. The number of rotatable bonds is 4. The van der Waals surface area contributed by atoms with Gasteiger partial charge in [-0.2, -0.15) is 10.2 Å². The summed E-state index contributed by atoms with van der Waals surface area (Å²) < 4.78 is 4.95. The van der Waals surface area contributed by atoms with Gasteiger partial charge in [0, 0.05) is 18.9 Å². The van der Waals surface area contributed by atoms with Gasteiger partial charge in [0.2, 0.25) is 0 Å². The minimum absolute atomic E-state index is 0.631. The van der Waals surface area contributed by atoms with Gasteiger partial charge < -0.3 is 4.74 Å². The molecular weight excluding hydrogens is 212 g/mol. The Kier molecular flexibility index (Phi) is 4.00. The Morgan fingerprint density at radius 2 is 2.00 bits per heavy atom. The third kappa shape index (κ3) is 3.23. The molecule has 2 aromatic rings. The lowest BCUT2D eigenvalue weighted by Gasteiger charge is -1.99. The second-order valence-corrected chi connectivity index (χ2v) is 3.59. The van der Waals surface area contributed by atoms with Crippen molar-refractivity contribution >= 4 is 6.08 Å². The van der Waals surface area contributed by atoms with E-state index in [0.717, 1.165) is 16.8 Å². The summed E-state index contributed by atoms with van der Waals surface area (Å²) >= 11 is 0. The Balaban J connectivity index is 2.13. The van der Waals surface area contributed by atoms with Gasteiger partial charge in [-0.05, 0) is 17.7 Å². The molecule has 0 aliphatic carbocycles. The van der Waals surface area contributed by atoms with Crippen LogP contribution in [0.1, 0.15) is 5.56 Å². The van der Waals surface area contributed by atoms with Crippen molar-refractivity contribution in [3.05, 3.63) is 54.2 Å². The van der Waals surface area contributed by atoms with Crippen molar-refractivity contribution in [2.24, 2.45) is 0 Å². The van der Waals surface area contributed by atoms with Crippen LogP contribution < -0.4 is 0 Å². The van der Waals surface area contributed by atoms with E-state index in [0.29, 0.717) is 6.61 Å². The topological polar surface area (TPSA) is 35.0 Å². The van der Waals surface area contributed by atoms with Crippen LogP contribution >= 0.6 is 0 Å². The molecule has 17 heavy (non-hydrogen) atoms. The molecule has 2 rings (SSSR count). The van der Waals surface area contributed by atoms with Gasteiger partial charge in [0.25, 0.3) is 0 Å². The second-order valence-electron chi connectivity index (χ2n) is 3.59. The second kappa shape index (κ2) is 5.92. The van der Waals surface area contributed by atoms with Crippen LogP contribution in [0.3, 0.4) is 0 Å². The molecule has 0 atom stereocenters. The van der Waals surface area contributed by atoms with E-state index in [1.54, 1.807) is 13.3 Å².